The lowest BCUT2D eigenvalue weighted by Crippen LogP contribution is -2.62. The van der Waals surface area contributed by atoms with Crippen LogP contribution >= 0.6 is 0 Å². The number of fused-ring (bicyclic) bond motifs is 10. The number of nitrogens with one attached hydrogen (secondary N) is 3. The van der Waals surface area contributed by atoms with Crippen molar-refractivity contribution in [3.8, 4) is 5.75 Å². The van der Waals surface area contributed by atoms with Crippen molar-refractivity contribution in [2.45, 2.75) is 64.8 Å². The second-order valence-electron chi connectivity index (χ2n) is 11.1. The van der Waals surface area contributed by atoms with Crippen molar-refractivity contribution >= 4 is 23.8 Å². The van der Waals surface area contributed by atoms with Crippen LogP contribution in [0.3, 0.4) is 0 Å². The summed E-state index contributed by atoms with van der Waals surface area (Å²) in [6.07, 6.45) is 3.61. The number of rotatable bonds is 8. The Labute approximate surface area is 232 Å². The van der Waals surface area contributed by atoms with Crippen molar-refractivity contribution in [2.24, 2.45) is 11.8 Å². The number of carbonyl (C=O) groups excluding carboxylic acids is 3. The first-order chi connectivity index (χ1) is 18.5. The Balaban J connectivity index is 1.98. The number of nitrogens with zero attached hydrogens (tertiary/aromatic N) is 1. The Morgan fingerprint density at radius 2 is 1.64 bits per heavy atom. The van der Waals surface area contributed by atoms with Crippen LogP contribution in [0.5, 0.6) is 5.75 Å². The number of ether oxygens (including phenoxy) is 1. The molecule has 8 heteroatoms. The molecule has 0 aromatic heterocycles. The van der Waals surface area contributed by atoms with Gasteiger partial charge in [-0.3, -0.25) is 19.3 Å². The maximum absolute atomic E-state index is 13.9. The summed E-state index contributed by atoms with van der Waals surface area (Å²) in [6, 6.07) is 14.8. The van der Waals surface area contributed by atoms with Gasteiger partial charge in [0.1, 0.15) is 23.9 Å². The highest BCUT2D eigenvalue weighted by Crippen LogP contribution is 2.21. The normalized spacial score (nSPS) is 21.6. The average Bonchev–Trinajstić information content (AvgIpc) is 2.89. The molecule has 0 fully saturated rings. The standard InChI is InChI=1S/C31H42N4O4/c1-20(2)18-25-29(36)32-17-16-22-12-14-24(15-13-22)39-28(21(3)4)27(31(38)33-25)34-30(37)26(35(5)6)19-23-10-8-7-9-11-23/h7-17,20-21,25-28H,18-19H2,1-6H3,(H,32,36)(H,33,38)(H,34,37)/b17-16+. The highest BCUT2D eigenvalue weighted by molar-refractivity contribution is 5.94. The monoisotopic (exact) mass is 534 g/mol. The molecule has 0 saturated heterocycles. The van der Waals surface area contributed by atoms with Crippen LogP contribution in [-0.4, -0.2) is 60.9 Å². The Hall–Kier alpha value is -3.65. The molecular formula is C31H42N4O4. The summed E-state index contributed by atoms with van der Waals surface area (Å²) < 4.78 is 6.35. The molecule has 210 valence electrons. The summed E-state index contributed by atoms with van der Waals surface area (Å²) in [4.78, 5) is 42.5. The maximum atomic E-state index is 13.9. The van der Waals surface area contributed by atoms with E-state index in [-0.39, 0.29) is 23.7 Å². The van der Waals surface area contributed by atoms with Crippen LogP contribution in [0, 0.1) is 11.8 Å². The van der Waals surface area contributed by atoms with E-state index in [2.05, 4.69) is 16.0 Å². The molecule has 4 atom stereocenters. The van der Waals surface area contributed by atoms with E-state index in [0.29, 0.717) is 18.6 Å². The van der Waals surface area contributed by atoms with Gasteiger partial charge in [0.15, 0.2) is 0 Å². The van der Waals surface area contributed by atoms with Crippen molar-refractivity contribution in [1.29, 1.82) is 0 Å². The highest BCUT2D eigenvalue weighted by Gasteiger charge is 2.38. The van der Waals surface area contributed by atoms with Gasteiger partial charge < -0.3 is 20.7 Å². The third kappa shape index (κ3) is 8.68. The number of carbonyl (C=O) groups is 3. The van der Waals surface area contributed by atoms with Crippen molar-refractivity contribution in [3.05, 3.63) is 71.9 Å². The van der Waals surface area contributed by atoms with E-state index in [4.69, 9.17) is 4.74 Å². The van der Waals surface area contributed by atoms with Gasteiger partial charge in [-0.05, 0) is 68.1 Å². The molecule has 0 spiro atoms. The van der Waals surface area contributed by atoms with Gasteiger partial charge in [-0.25, -0.2) is 0 Å². The number of hydrogen-bond acceptors (Lipinski definition) is 5. The molecule has 2 aliphatic heterocycles. The highest BCUT2D eigenvalue weighted by atomic mass is 16.5. The molecule has 2 aliphatic rings. The minimum absolute atomic E-state index is 0.127. The lowest BCUT2D eigenvalue weighted by Gasteiger charge is -2.34. The predicted octanol–water partition coefficient (Wildman–Crippen LogP) is 3.38. The fourth-order valence-electron chi connectivity index (χ4n) is 4.58. The minimum Gasteiger partial charge on any atom is -0.487 e. The fourth-order valence-corrected chi connectivity index (χ4v) is 4.58. The molecule has 2 aromatic carbocycles. The third-order valence-electron chi connectivity index (χ3n) is 6.76. The molecule has 2 aromatic rings. The van der Waals surface area contributed by atoms with Crippen molar-refractivity contribution in [1.82, 2.24) is 20.9 Å². The summed E-state index contributed by atoms with van der Waals surface area (Å²) in [6.45, 7) is 7.88. The van der Waals surface area contributed by atoms with Crippen LogP contribution in [-0.2, 0) is 20.8 Å². The van der Waals surface area contributed by atoms with E-state index >= 15 is 0 Å². The van der Waals surface area contributed by atoms with E-state index in [9.17, 15) is 14.4 Å². The number of benzene rings is 2. The van der Waals surface area contributed by atoms with Crippen molar-refractivity contribution < 1.29 is 19.1 Å². The molecule has 39 heavy (non-hydrogen) atoms. The van der Waals surface area contributed by atoms with Gasteiger partial charge in [0.2, 0.25) is 17.7 Å². The molecule has 0 aliphatic carbocycles. The van der Waals surface area contributed by atoms with Gasteiger partial charge in [0.25, 0.3) is 0 Å². The zero-order valence-electron chi connectivity index (χ0n) is 23.8. The summed E-state index contributed by atoms with van der Waals surface area (Å²) >= 11 is 0. The first-order valence-corrected chi connectivity index (χ1v) is 13.6. The van der Waals surface area contributed by atoms with Crippen LogP contribution in [0.4, 0.5) is 0 Å². The molecule has 4 unspecified atom stereocenters. The second-order valence-corrected chi connectivity index (χ2v) is 11.1. The first-order valence-electron chi connectivity index (χ1n) is 13.6. The van der Waals surface area contributed by atoms with E-state index in [1.54, 1.807) is 12.3 Å². The average molecular weight is 535 g/mol. The zero-order chi connectivity index (χ0) is 28.5. The molecule has 2 bridgehead atoms. The van der Waals surface area contributed by atoms with Gasteiger partial charge in [-0.15, -0.1) is 0 Å². The van der Waals surface area contributed by atoms with Gasteiger partial charge in [-0.2, -0.15) is 0 Å². The molecule has 0 saturated carbocycles. The Morgan fingerprint density at radius 3 is 2.23 bits per heavy atom. The van der Waals surface area contributed by atoms with Gasteiger partial charge in [0, 0.05) is 6.20 Å². The number of hydrogen-bond donors (Lipinski definition) is 3. The molecule has 3 N–H and O–H groups in total. The smallest absolute Gasteiger partial charge is 0.247 e. The summed E-state index contributed by atoms with van der Waals surface area (Å²) in [7, 11) is 3.69. The Bertz CT molecular complexity index is 1130. The van der Waals surface area contributed by atoms with Crippen molar-refractivity contribution in [3.63, 3.8) is 0 Å². The SMILES string of the molecule is CC(C)CC1NC(=O)C(NC(=O)C(Cc2ccccc2)N(C)C)C(C(C)C)Oc2ccc(cc2)/C=C/NC1=O. The lowest BCUT2D eigenvalue weighted by molar-refractivity contribution is -0.136. The van der Waals surface area contributed by atoms with E-state index in [1.807, 2.05) is 101 Å². The Morgan fingerprint density at radius 1 is 0.974 bits per heavy atom. The fraction of sp³-hybridized carbons (Fsp3) is 0.452. The molecular weight excluding hydrogens is 492 g/mol. The molecule has 2 heterocycles. The molecule has 0 radical (unpaired) electrons. The molecule has 4 rings (SSSR count). The second kappa shape index (κ2) is 13.9. The largest absolute Gasteiger partial charge is 0.487 e. The first kappa shape index (κ1) is 29.9. The maximum Gasteiger partial charge on any atom is 0.247 e. The van der Waals surface area contributed by atoms with Crippen LogP contribution in [0.2, 0.25) is 0 Å². The summed E-state index contributed by atoms with van der Waals surface area (Å²) in [5, 5.41) is 8.70. The zero-order valence-corrected chi connectivity index (χ0v) is 23.8. The van der Waals surface area contributed by atoms with E-state index in [1.165, 1.54) is 0 Å². The van der Waals surface area contributed by atoms with Gasteiger partial charge >= 0.3 is 0 Å². The van der Waals surface area contributed by atoms with E-state index in [0.717, 1.165) is 11.1 Å². The van der Waals surface area contributed by atoms with Gasteiger partial charge in [0.05, 0.1) is 6.04 Å². The third-order valence-corrected chi connectivity index (χ3v) is 6.76. The summed E-state index contributed by atoms with van der Waals surface area (Å²) in [5.41, 5.74) is 1.91. The van der Waals surface area contributed by atoms with Crippen molar-refractivity contribution in [2.75, 3.05) is 14.1 Å². The summed E-state index contributed by atoms with van der Waals surface area (Å²) in [5.74, 6) is -0.446. The van der Waals surface area contributed by atoms with Crippen LogP contribution in [0.25, 0.3) is 6.08 Å². The lowest BCUT2D eigenvalue weighted by atomic mass is 9.96. The molecule has 3 amide bonds. The Kier molecular flexibility index (Phi) is 10.7. The topological polar surface area (TPSA) is 99.8 Å². The van der Waals surface area contributed by atoms with Crippen LogP contribution in [0.15, 0.2) is 60.8 Å². The minimum atomic E-state index is -1.03. The quantitative estimate of drug-likeness (QED) is 0.482. The predicted molar refractivity (Wildman–Crippen MR) is 154 cm³/mol. The van der Waals surface area contributed by atoms with E-state index < -0.39 is 30.1 Å². The number of amides is 3. The number of likely N-dealkylation sites (N-methyl/N-ethyl adjacent to an activating group) is 1. The van der Waals surface area contributed by atoms with Crippen LogP contribution in [0.1, 0.15) is 45.2 Å². The van der Waals surface area contributed by atoms with Gasteiger partial charge in [-0.1, -0.05) is 70.2 Å². The van der Waals surface area contributed by atoms with Crippen LogP contribution < -0.4 is 20.7 Å². The molecule has 8 nitrogen and oxygen atoms in total.